The van der Waals surface area contributed by atoms with Crippen molar-refractivity contribution in [2.24, 2.45) is 0 Å². The largest absolute Gasteiger partial charge is 0.478 e. The van der Waals surface area contributed by atoms with E-state index in [1.807, 2.05) is 6.92 Å². The molecule has 2 aromatic rings. The van der Waals surface area contributed by atoms with Crippen LogP contribution in [0.3, 0.4) is 0 Å². The van der Waals surface area contributed by atoms with Gasteiger partial charge in [-0.25, -0.2) is 4.79 Å². The van der Waals surface area contributed by atoms with Crippen LogP contribution in [-0.2, 0) is 4.74 Å². The molecule has 0 saturated carbocycles. The number of carbonyl (C=O) groups excluding carboxylic acids is 2. The quantitative estimate of drug-likeness (QED) is 0.376. The van der Waals surface area contributed by atoms with Crippen LogP contribution in [-0.4, -0.2) is 35.4 Å². The number of nitrogens with one attached hydrogen (secondary N) is 1. The number of nitro benzene ring substituents is 1. The van der Waals surface area contributed by atoms with E-state index < -0.39 is 16.6 Å². The van der Waals surface area contributed by atoms with E-state index in [0.717, 1.165) is 11.8 Å². The number of hydrogen-bond acceptors (Lipinski definition) is 6. The van der Waals surface area contributed by atoms with Gasteiger partial charge in [-0.2, -0.15) is 0 Å². The fourth-order valence-electron chi connectivity index (χ4n) is 2.26. The minimum atomic E-state index is -0.695. The smallest absolute Gasteiger partial charge is 0.338 e. The first-order chi connectivity index (χ1) is 11.3. The van der Waals surface area contributed by atoms with Gasteiger partial charge < -0.3 is 14.5 Å². The van der Waals surface area contributed by atoms with Crippen molar-refractivity contribution in [3.05, 3.63) is 56.9 Å². The first kappa shape index (κ1) is 17.2. The Morgan fingerprint density at radius 3 is 2.50 bits per heavy atom. The summed E-state index contributed by atoms with van der Waals surface area (Å²) < 4.78 is 9.81. The van der Waals surface area contributed by atoms with Gasteiger partial charge in [0, 0.05) is 23.0 Å². The summed E-state index contributed by atoms with van der Waals surface area (Å²) in [5.74, 6) is -1.09. The average Bonchev–Trinajstić information content (AvgIpc) is 2.90. The summed E-state index contributed by atoms with van der Waals surface area (Å²) in [4.78, 5) is 37.1. The minimum Gasteiger partial charge on any atom is -0.478 e. The number of nitro groups is 1. The third-order valence-corrected chi connectivity index (χ3v) is 3.39. The number of hydrogen-bond donors (Lipinski definition) is 1. The van der Waals surface area contributed by atoms with Crippen molar-refractivity contribution in [3.63, 3.8) is 0 Å². The standard InChI is InChI=1S/C16H16N2O6/c1-9-6-12(10(2)17-9)14(19)8-24-15-5-4-11(16(20)23-3)7-13(15)18(21)22/h4-7,17H,8H2,1-3H3. The zero-order chi connectivity index (χ0) is 17.9. The molecular weight excluding hydrogens is 316 g/mol. The van der Waals surface area contributed by atoms with Gasteiger partial charge in [-0.05, 0) is 32.0 Å². The summed E-state index contributed by atoms with van der Waals surface area (Å²) >= 11 is 0. The van der Waals surface area contributed by atoms with Crippen molar-refractivity contribution in [2.75, 3.05) is 13.7 Å². The van der Waals surface area contributed by atoms with Gasteiger partial charge in [0.1, 0.15) is 0 Å². The number of aryl methyl sites for hydroxylation is 2. The van der Waals surface area contributed by atoms with Gasteiger partial charge in [0.05, 0.1) is 17.6 Å². The molecule has 8 heteroatoms. The molecule has 1 aromatic carbocycles. The molecule has 0 aliphatic heterocycles. The first-order valence-electron chi connectivity index (χ1n) is 7.02. The van der Waals surface area contributed by atoms with Crippen molar-refractivity contribution in [3.8, 4) is 5.75 Å². The lowest BCUT2D eigenvalue weighted by atomic mass is 10.1. The maximum atomic E-state index is 12.2. The lowest BCUT2D eigenvalue weighted by molar-refractivity contribution is -0.385. The molecule has 0 fully saturated rings. The molecule has 0 radical (unpaired) electrons. The third kappa shape index (κ3) is 3.60. The molecule has 0 bridgehead atoms. The summed E-state index contributed by atoms with van der Waals surface area (Å²) in [6.45, 7) is 3.23. The number of benzene rings is 1. The Morgan fingerprint density at radius 1 is 1.25 bits per heavy atom. The van der Waals surface area contributed by atoms with Gasteiger partial charge in [-0.1, -0.05) is 0 Å². The zero-order valence-corrected chi connectivity index (χ0v) is 13.4. The van der Waals surface area contributed by atoms with Crippen LogP contribution in [0, 0.1) is 24.0 Å². The van der Waals surface area contributed by atoms with E-state index >= 15 is 0 Å². The Kier molecular flexibility index (Phi) is 4.98. The number of esters is 1. The number of aromatic amines is 1. The van der Waals surface area contributed by atoms with E-state index in [-0.39, 0.29) is 23.7 Å². The highest BCUT2D eigenvalue weighted by Crippen LogP contribution is 2.28. The molecule has 2 rings (SSSR count). The van der Waals surface area contributed by atoms with Crippen LogP contribution in [0.25, 0.3) is 0 Å². The molecular formula is C16H16N2O6. The number of ketones is 1. The number of carbonyl (C=O) groups is 2. The van der Waals surface area contributed by atoms with Gasteiger partial charge in [-0.15, -0.1) is 0 Å². The fourth-order valence-corrected chi connectivity index (χ4v) is 2.26. The summed E-state index contributed by atoms with van der Waals surface area (Å²) in [6.07, 6.45) is 0. The topological polar surface area (TPSA) is 112 Å². The summed E-state index contributed by atoms with van der Waals surface area (Å²) in [5.41, 5.74) is 1.63. The second kappa shape index (κ2) is 6.95. The monoisotopic (exact) mass is 332 g/mol. The van der Waals surface area contributed by atoms with Crippen LogP contribution in [0.5, 0.6) is 5.75 Å². The minimum absolute atomic E-state index is 0.0278. The third-order valence-electron chi connectivity index (χ3n) is 3.39. The molecule has 24 heavy (non-hydrogen) atoms. The number of methoxy groups -OCH3 is 1. The van der Waals surface area contributed by atoms with Crippen molar-refractivity contribution < 1.29 is 24.0 Å². The number of nitrogens with zero attached hydrogens (tertiary/aromatic N) is 1. The lowest BCUT2D eigenvalue weighted by Crippen LogP contribution is -2.13. The average molecular weight is 332 g/mol. The first-order valence-corrected chi connectivity index (χ1v) is 7.02. The van der Waals surface area contributed by atoms with Crippen LogP contribution in [0.15, 0.2) is 24.3 Å². The molecule has 0 atom stereocenters. The highest BCUT2D eigenvalue weighted by atomic mass is 16.6. The molecule has 0 amide bonds. The molecule has 0 aliphatic carbocycles. The van der Waals surface area contributed by atoms with Crippen molar-refractivity contribution in [2.45, 2.75) is 13.8 Å². The van der Waals surface area contributed by atoms with E-state index in [1.54, 1.807) is 13.0 Å². The molecule has 126 valence electrons. The number of ether oxygens (including phenoxy) is 2. The van der Waals surface area contributed by atoms with Crippen LogP contribution in [0.1, 0.15) is 32.1 Å². The van der Waals surface area contributed by atoms with Gasteiger partial charge in [-0.3, -0.25) is 14.9 Å². The highest BCUT2D eigenvalue weighted by molar-refractivity contribution is 5.98. The summed E-state index contributed by atoms with van der Waals surface area (Å²) in [7, 11) is 1.18. The van der Waals surface area contributed by atoms with Gasteiger partial charge in [0.25, 0.3) is 0 Å². The van der Waals surface area contributed by atoms with Crippen molar-refractivity contribution in [1.29, 1.82) is 0 Å². The molecule has 0 aliphatic rings. The lowest BCUT2D eigenvalue weighted by Gasteiger charge is -2.07. The fraction of sp³-hybridized carbons (Fsp3) is 0.250. The second-order valence-electron chi connectivity index (χ2n) is 5.13. The van der Waals surface area contributed by atoms with E-state index in [1.165, 1.54) is 19.2 Å². The number of aromatic nitrogens is 1. The van der Waals surface area contributed by atoms with Gasteiger partial charge >= 0.3 is 11.7 Å². The molecule has 8 nitrogen and oxygen atoms in total. The predicted octanol–water partition coefficient (Wildman–Crippen LogP) is 2.59. The predicted molar refractivity (Wildman–Crippen MR) is 84.5 cm³/mol. The number of rotatable bonds is 6. The molecule has 0 saturated heterocycles. The van der Waals surface area contributed by atoms with Gasteiger partial charge in [0.15, 0.2) is 12.4 Å². The van der Waals surface area contributed by atoms with Gasteiger partial charge in [0.2, 0.25) is 5.78 Å². The van der Waals surface area contributed by atoms with Crippen LogP contribution < -0.4 is 4.74 Å². The normalized spacial score (nSPS) is 10.3. The molecule has 0 unspecified atom stereocenters. The molecule has 1 aromatic heterocycles. The number of Topliss-reactive ketones (excluding diaryl/α,β-unsaturated/α-hetero) is 1. The maximum Gasteiger partial charge on any atom is 0.338 e. The Morgan fingerprint density at radius 2 is 1.96 bits per heavy atom. The summed E-state index contributed by atoms with van der Waals surface area (Å²) in [5, 5.41) is 11.1. The Labute approximate surface area is 137 Å². The van der Waals surface area contributed by atoms with Crippen LogP contribution >= 0.6 is 0 Å². The Balaban J connectivity index is 2.20. The maximum absolute atomic E-state index is 12.2. The van der Waals surface area contributed by atoms with Crippen LogP contribution in [0.2, 0.25) is 0 Å². The van der Waals surface area contributed by atoms with Crippen molar-refractivity contribution in [1.82, 2.24) is 4.98 Å². The van der Waals surface area contributed by atoms with E-state index in [9.17, 15) is 19.7 Å². The number of H-pyrrole nitrogens is 1. The molecule has 1 N–H and O–H groups in total. The van der Waals surface area contributed by atoms with E-state index in [0.29, 0.717) is 11.3 Å². The second-order valence-corrected chi connectivity index (χ2v) is 5.13. The molecule has 0 spiro atoms. The zero-order valence-electron chi connectivity index (χ0n) is 13.4. The summed E-state index contributed by atoms with van der Waals surface area (Å²) in [6, 6.07) is 5.35. The Bertz CT molecular complexity index is 809. The molecule has 1 heterocycles. The van der Waals surface area contributed by atoms with E-state index in [2.05, 4.69) is 9.72 Å². The Hall–Kier alpha value is -3.16. The van der Waals surface area contributed by atoms with Crippen molar-refractivity contribution >= 4 is 17.4 Å². The van der Waals surface area contributed by atoms with Crippen LogP contribution in [0.4, 0.5) is 5.69 Å². The highest BCUT2D eigenvalue weighted by Gasteiger charge is 2.21. The van der Waals surface area contributed by atoms with E-state index in [4.69, 9.17) is 4.74 Å². The SMILES string of the molecule is COC(=O)c1ccc(OCC(=O)c2cc(C)[nH]c2C)c([N+](=O)[O-])c1.